The molecule has 0 unspecified atom stereocenters. The standard InChI is InChI=1S/C18H27N3O2/c1-18(2,3)23-17(22)21-9-6-15-12-14(4-5-16(15)21)13-20-10-7-19-8-11-20/h4-5,12,19H,6-11,13H2,1-3H3. The van der Waals surface area contributed by atoms with Gasteiger partial charge in [0.2, 0.25) is 0 Å². The third-order valence-electron chi connectivity index (χ3n) is 4.27. The van der Waals surface area contributed by atoms with Gasteiger partial charge in [0, 0.05) is 39.3 Å². The average Bonchev–Trinajstić information content (AvgIpc) is 2.90. The van der Waals surface area contributed by atoms with E-state index in [4.69, 9.17) is 4.74 Å². The molecule has 3 rings (SSSR count). The number of piperazine rings is 1. The molecule has 1 fully saturated rings. The Bertz CT molecular complexity index is 574. The van der Waals surface area contributed by atoms with Crippen LogP contribution in [0.2, 0.25) is 0 Å². The summed E-state index contributed by atoms with van der Waals surface area (Å²) in [6.45, 7) is 11.7. The van der Waals surface area contributed by atoms with Crippen molar-refractivity contribution in [3.63, 3.8) is 0 Å². The molecule has 5 heteroatoms. The first-order valence-corrected chi connectivity index (χ1v) is 8.48. The zero-order valence-corrected chi connectivity index (χ0v) is 14.4. The number of fused-ring (bicyclic) bond motifs is 1. The maximum atomic E-state index is 12.3. The van der Waals surface area contributed by atoms with E-state index < -0.39 is 5.60 Å². The normalized spacial score (nSPS) is 18.8. The Morgan fingerprint density at radius 1 is 1.22 bits per heavy atom. The molecule has 1 aromatic rings. The van der Waals surface area contributed by atoms with Crippen LogP contribution in [0.25, 0.3) is 0 Å². The monoisotopic (exact) mass is 317 g/mol. The molecule has 0 bridgehead atoms. The number of carbonyl (C=O) groups excluding carboxylic acids is 1. The van der Waals surface area contributed by atoms with Gasteiger partial charge in [-0.2, -0.15) is 0 Å². The minimum absolute atomic E-state index is 0.244. The molecule has 1 amide bonds. The summed E-state index contributed by atoms with van der Waals surface area (Å²) >= 11 is 0. The van der Waals surface area contributed by atoms with Crippen molar-refractivity contribution < 1.29 is 9.53 Å². The molecule has 2 aliphatic rings. The minimum Gasteiger partial charge on any atom is -0.443 e. The van der Waals surface area contributed by atoms with Crippen LogP contribution in [0.4, 0.5) is 10.5 Å². The van der Waals surface area contributed by atoms with Crippen LogP contribution in [0.5, 0.6) is 0 Å². The van der Waals surface area contributed by atoms with Gasteiger partial charge in [0.05, 0.1) is 5.69 Å². The van der Waals surface area contributed by atoms with Crippen LogP contribution >= 0.6 is 0 Å². The lowest BCUT2D eigenvalue weighted by atomic mass is 10.1. The van der Waals surface area contributed by atoms with Crippen LogP contribution in [-0.4, -0.2) is 49.3 Å². The van der Waals surface area contributed by atoms with E-state index in [-0.39, 0.29) is 6.09 Å². The minimum atomic E-state index is -0.456. The number of rotatable bonds is 2. The molecule has 1 saturated heterocycles. The van der Waals surface area contributed by atoms with E-state index in [2.05, 4.69) is 28.4 Å². The number of hydrogen-bond acceptors (Lipinski definition) is 4. The van der Waals surface area contributed by atoms with Crippen LogP contribution < -0.4 is 10.2 Å². The quantitative estimate of drug-likeness (QED) is 0.910. The third-order valence-corrected chi connectivity index (χ3v) is 4.27. The van der Waals surface area contributed by atoms with Gasteiger partial charge < -0.3 is 10.1 Å². The first-order chi connectivity index (χ1) is 10.9. The summed E-state index contributed by atoms with van der Waals surface area (Å²) in [5.41, 5.74) is 3.13. The summed E-state index contributed by atoms with van der Waals surface area (Å²) in [5.74, 6) is 0. The molecule has 2 heterocycles. The van der Waals surface area contributed by atoms with Crippen LogP contribution in [0, 0.1) is 0 Å². The van der Waals surface area contributed by atoms with Gasteiger partial charge >= 0.3 is 6.09 Å². The Kier molecular flexibility index (Phi) is 4.60. The highest BCUT2D eigenvalue weighted by atomic mass is 16.6. The summed E-state index contributed by atoms with van der Waals surface area (Å²) < 4.78 is 5.50. The number of carbonyl (C=O) groups is 1. The van der Waals surface area contributed by atoms with E-state index in [9.17, 15) is 4.79 Å². The van der Waals surface area contributed by atoms with Crippen LogP contribution in [-0.2, 0) is 17.7 Å². The third kappa shape index (κ3) is 4.03. The van der Waals surface area contributed by atoms with Crippen LogP contribution in [0.15, 0.2) is 18.2 Å². The van der Waals surface area contributed by atoms with E-state index in [0.717, 1.165) is 44.8 Å². The molecule has 0 aromatic heterocycles. The van der Waals surface area contributed by atoms with Crippen molar-refractivity contribution in [2.24, 2.45) is 0 Å². The molecule has 0 atom stereocenters. The molecule has 126 valence electrons. The van der Waals surface area contributed by atoms with Crippen molar-refractivity contribution in [1.82, 2.24) is 10.2 Å². The summed E-state index contributed by atoms with van der Waals surface area (Å²) in [7, 11) is 0. The fourth-order valence-electron chi connectivity index (χ4n) is 3.19. The number of hydrogen-bond donors (Lipinski definition) is 1. The Morgan fingerprint density at radius 3 is 2.65 bits per heavy atom. The van der Waals surface area contributed by atoms with Crippen molar-refractivity contribution in [3.05, 3.63) is 29.3 Å². The van der Waals surface area contributed by atoms with Gasteiger partial charge in [-0.15, -0.1) is 0 Å². The maximum absolute atomic E-state index is 12.3. The zero-order chi connectivity index (χ0) is 16.4. The van der Waals surface area contributed by atoms with E-state index >= 15 is 0 Å². The van der Waals surface area contributed by atoms with E-state index in [0.29, 0.717) is 6.54 Å². The fourth-order valence-corrected chi connectivity index (χ4v) is 3.19. The number of ether oxygens (including phenoxy) is 1. The van der Waals surface area contributed by atoms with Gasteiger partial charge in [0.1, 0.15) is 5.60 Å². The Balaban J connectivity index is 1.68. The number of nitrogens with one attached hydrogen (secondary N) is 1. The van der Waals surface area contributed by atoms with Gasteiger partial charge in [0.25, 0.3) is 0 Å². The van der Waals surface area contributed by atoms with Gasteiger partial charge in [-0.25, -0.2) is 4.79 Å². The lowest BCUT2D eigenvalue weighted by Crippen LogP contribution is -2.42. The second-order valence-corrected chi connectivity index (χ2v) is 7.37. The Hall–Kier alpha value is -1.59. The van der Waals surface area contributed by atoms with Gasteiger partial charge in [-0.1, -0.05) is 12.1 Å². The summed E-state index contributed by atoms with van der Waals surface area (Å²) in [6.07, 6.45) is 0.662. The van der Waals surface area contributed by atoms with Crippen molar-refractivity contribution in [1.29, 1.82) is 0 Å². The van der Waals surface area contributed by atoms with E-state index in [1.165, 1.54) is 11.1 Å². The summed E-state index contributed by atoms with van der Waals surface area (Å²) in [4.78, 5) is 16.5. The smallest absolute Gasteiger partial charge is 0.414 e. The molecule has 5 nitrogen and oxygen atoms in total. The molecule has 1 N–H and O–H groups in total. The van der Waals surface area contributed by atoms with Crippen LogP contribution in [0.1, 0.15) is 31.9 Å². The lowest BCUT2D eigenvalue weighted by molar-refractivity contribution is 0.0584. The zero-order valence-electron chi connectivity index (χ0n) is 14.4. The summed E-state index contributed by atoms with van der Waals surface area (Å²) in [6, 6.07) is 6.47. The predicted molar refractivity (Wildman–Crippen MR) is 91.9 cm³/mol. The largest absolute Gasteiger partial charge is 0.443 e. The highest BCUT2D eigenvalue weighted by Crippen LogP contribution is 2.30. The first kappa shape index (κ1) is 16.3. The first-order valence-electron chi connectivity index (χ1n) is 8.48. The van der Waals surface area contributed by atoms with E-state index in [1.54, 1.807) is 4.90 Å². The predicted octanol–water partition coefficient (Wildman–Crippen LogP) is 2.39. The second-order valence-electron chi connectivity index (χ2n) is 7.37. The molecule has 0 radical (unpaired) electrons. The molecular weight excluding hydrogens is 290 g/mol. The van der Waals surface area contributed by atoms with Crippen molar-refractivity contribution in [3.8, 4) is 0 Å². The number of amides is 1. The number of nitrogens with zero attached hydrogens (tertiary/aromatic N) is 2. The molecule has 0 saturated carbocycles. The molecule has 0 spiro atoms. The fraction of sp³-hybridized carbons (Fsp3) is 0.611. The molecule has 1 aromatic carbocycles. The topological polar surface area (TPSA) is 44.8 Å². The van der Waals surface area contributed by atoms with Gasteiger partial charge in [-0.05, 0) is 44.4 Å². The number of benzene rings is 1. The summed E-state index contributed by atoms with van der Waals surface area (Å²) in [5, 5.41) is 3.38. The highest BCUT2D eigenvalue weighted by molar-refractivity contribution is 5.90. The lowest BCUT2D eigenvalue weighted by Gasteiger charge is -2.27. The van der Waals surface area contributed by atoms with Crippen molar-refractivity contribution in [2.45, 2.75) is 39.3 Å². The highest BCUT2D eigenvalue weighted by Gasteiger charge is 2.29. The Labute approximate surface area is 138 Å². The molecule has 2 aliphatic heterocycles. The molecule has 23 heavy (non-hydrogen) atoms. The van der Waals surface area contributed by atoms with Crippen molar-refractivity contribution in [2.75, 3.05) is 37.6 Å². The van der Waals surface area contributed by atoms with Gasteiger partial charge in [0.15, 0.2) is 0 Å². The molecule has 0 aliphatic carbocycles. The van der Waals surface area contributed by atoms with Crippen LogP contribution in [0.3, 0.4) is 0 Å². The van der Waals surface area contributed by atoms with Gasteiger partial charge in [-0.3, -0.25) is 9.80 Å². The van der Waals surface area contributed by atoms with Crippen molar-refractivity contribution >= 4 is 11.8 Å². The SMILES string of the molecule is CC(C)(C)OC(=O)N1CCc2cc(CN3CCNCC3)ccc21. The molecular formula is C18H27N3O2. The number of anilines is 1. The average molecular weight is 317 g/mol. The maximum Gasteiger partial charge on any atom is 0.414 e. The Morgan fingerprint density at radius 2 is 1.96 bits per heavy atom. The second kappa shape index (κ2) is 6.49. The van der Waals surface area contributed by atoms with E-state index in [1.807, 2.05) is 20.8 Å².